The summed E-state index contributed by atoms with van der Waals surface area (Å²) in [6.07, 6.45) is 0.00937. The highest BCUT2D eigenvalue weighted by atomic mass is 16.5. The summed E-state index contributed by atoms with van der Waals surface area (Å²) >= 11 is 0. The number of hydrogen-bond donors (Lipinski definition) is 1. The molecule has 3 heterocycles. The van der Waals surface area contributed by atoms with E-state index in [0.717, 1.165) is 18.9 Å². The van der Waals surface area contributed by atoms with Crippen molar-refractivity contribution >= 4 is 11.5 Å². The molecule has 102 valence electrons. The molecule has 2 aromatic rings. The molecule has 1 aliphatic rings. The van der Waals surface area contributed by atoms with Gasteiger partial charge in [-0.3, -0.25) is 0 Å². The fraction of sp³-hybridized carbons (Fsp3) is 0.636. The van der Waals surface area contributed by atoms with E-state index < -0.39 is 0 Å². The minimum absolute atomic E-state index is 0.00937. The molecule has 0 saturated carbocycles. The van der Waals surface area contributed by atoms with Gasteiger partial charge in [0.1, 0.15) is 0 Å². The summed E-state index contributed by atoms with van der Waals surface area (Å²) in [7, 11) is 0. The number of nitrogens with two attached hydrogens (primary N) is 1. The van der Waals surface area contributed by atoms with E-state index in [4.69, 9.17) is 10.5 Å². The largest absolute Gasteiger partial charge is 0.367 e. The Morgan fingerprint density at radius 3 is 3.11 bits per heavy atom. The van der Waals surface area contributed by atoms with Crippen LogP contribution in [0, 0.1) is 0 Å². The maximum absolute atomic E-state index is 5.91. The number of morpholine rings is 1. The van der Waals surface area contributed by atoms with Crippen molar-refractivity contribution in [2.75, 3.05) is 24.5 Å². The van der Waals surface area contributed by atoms with E-state index in [0.29, 0.717) is 12.2 Å². The maximum atomic E-state index is 5.91. The zero-order valence-corrected chi connectivity index (χ0v) is 11.0. The Balaban J connectivity index is 1.91. The fourth-order valence-electron chi connectivity index (χ4n) is 2.40. The summed E-state index contributed by atoms with van der Waals surface area (Å²) in [6, 6.07) is 3.77. The highest BCUT2D eigenvalue weighted by molar-refractivity contribution is 5.45. The van der Waals surface area contributed by atoms with Crippen LogP contribution in [0.5, 0.6) is 0 Å². The number of rotatable bonds is 2. The van der Waals surface area contributed by atoms with E-state index in [1.54, 1.807) is 0 Å². The van der Waals surface area contributed by atoms with Gasteiger partial charge < -0.3 is 15.4 Å². The Morgan fingerprint density at radius 2 is 2.32 bits per heavy atom. The molecule has 1 aliphatic heterocycles. The molecule has 8 nitrogen and oxygen atoms in total. The second kappa shape index (κ2) is 4.39. The molecule has 1 atom stereocenters. The maximum Gasteiger partial charge on any atom is 0.200 e. The third-order valence-electron chi connectivity index (χ3n) is 3.12. The van der Waals surface area contributed by atoms with Gasteiger partial charge in [-0.15, -0.1) is 14.8 Å². The Bertz CT molecular complexity index is 581. The lowest BCUT2D eigenvalue weighted by Gasteiger charge is -2.42. The molecule has 0 bridgehead atoms. The zero-order valence-electron chi connectivity index (χ0n) is 11.0. The van der Waals surface area contributed by atoms with Crippen molar-refractivity contribution in [2.45, 2.75) is 25.6 Å². The minimum atomic E-state index is -0.250. The van der Waals surface area contributed by atoms with Crippen LogP contribution in [0.15, 0.2) is 12.1 Å². The summed E-state index contributed by atoms with van der Waals surface area (Å²) in [4.78, 5) is 2.15. The van der Waals surface area contributed by atoms with E-state index >= 15 is 0 Å². The zero-order chi connectivity index (χ0) is 13.5. The summed E-state index contributed by atoms with van der Waals surface area (Å²) in [5.74, 6) is 0.828. The number of aromatic nitrogens is 5. The first-order valence-corrected chi connectivity index (χ1v) is 6.26. The van der Waals surface area contributed by atoms with Crippen LogP contribution in [0.1, 0.15) is 13.8 Å². The van der Waals surface area contributed by atoms with Crippen LogP contribution in [0.3, 0.4) is 0 Å². The Kier molecular flexibility index (Phi) is 2.83. The SMILES string of the molecule is CC1(C)CN(c2ccc3nnnn3n2)CC(CN)O1. The Morgan fingerprint density at radius 1 is 1.47 bits per heavy atom. The first-order chi connectivity index (χ1) is 9.07. The van der Waals surface area contributed by atoms with Crippen molar-refractivity contribution in [1.29, 1.82) is 0 Å². The Labute approximate surface area is 110 Å². The number of nitrogens with zero attached hydrogens (tertiary/aromatic N) is 6. The standard InChI is InChI=1S/C11H17N7O/c1-11(2)7-17(6-8(5-12)19-11)10-4-3-9-13-15-16-18(9)14-10/h3-4,8H,5-7,12H2,1-2H3. The number of hydrogen-bond acceptors (Lipinski definition) is 7. The second-order valence-corrected chi connectivity index (χ2v) is 5.33. The lowest BCUT2D eigenvalue weighted by Crippen LogP contribution is -2.55. The monoisotopic (exact) mass is 263 g/mol. The first kappa shape index (κ1) is 12.2. The molecule has 1 unspecified atom stereocenters. The van der Waals surface area contributed by atoms with Crippen molar-refractivity contribution in [3.63, 3.8) is 0 Å². The molecule has 0 spiro atoms. The van der Waals surface area contributed by atoms with Gasteiger partial charge in [0.25, 0.3) is 0 Å². The van der Waals surface area contributed by atoms with Crippen LogP contribution >= 0.6 is 0 Å². The lowest BCUT2D eigenvalue weighted by molar-refractivity contribution is -0.0790. The van der Waals surface area contributed by atoms with Gasteiger partial charge in [-0.1, -0.05) is 0 Å². The molecule has 1 fully saturated rings. The summed E-state index contributed by atoms with van der Waals surface area (Å²) in [5.41, 5.74) is 6.11. The highest BCUT2D eigenvalue weighted by Gasteiger charge is 2.33. The van der Waals surface area contributed by atoms with E-state index in [2.05, 4.69) is 39.4 Å². The molecular weight excluding hydrogens is 246 g/mol. The van der Waals surface area contributed by atoms with Gasteiger partial charge in [0.05, 0.1) is 11.7 Å². The Hall–Kier alpha value is -1.80. The summed E-state index contributed by atoms with van der Waals surface area (Å²) in [6.45, 7) is 6.08. The van der Waals surface area contributed by atoms with Crippen molar-refractivity contribution < 1.29 is 4.74 Å². The molecule has 2 aromatic heterocycles. The highest BCUT2D eigenvalue weighted by Crippen LogP contribution is 2.24. The molecule has 0 aromatic carbocycles. The molecule has 19 heavy (non-hydrogen) atoms. The van der Waals surface area contributed by atoms with Gasteiger partial charge in [0.2, 0.25) is 0 Å². The molecule has 3 rings (SSSR count). The van der Waals surface area contributed by atoms with Crippen LogP contribution in [0.4, 0.5) is 5.82 Å². The predicted molar refractivity (Wildman–Crippen MR) is 68.8 cm³/mol. The smallest absolute Gasteiger partial charge is 0.200 e. The number of ether oxygens (including phenoxy) is 1. The van der Waals surface area contributed by atoms with E-state index in [1.807, 2.05) is 12.1 Å². The van der Waals surface area contributed by atoms with E-state index in [-0.39, 0.29) is 11.7 Å². The molecule has 8 heteroatoms. The van der Waals surface area contributed by atoms with Gasteiger partial charge in [-0.25, -0.2) is 0 Å². The minimum Gasteiger partial charge on any atom is -0.367 e. The van der Waals surface area contributed by atoms with Crippen LogP contribution in [0.2, 0.25) is 0 Å². The summed E-state index contributed by atoms with van der Waals surface area (Å²) in [5, 5.41) is 15.6. The van der Waals surface area contributed by atoms with Gasteiger partial charge in [0, 0.05) is 19.6 Å². The third kappa shape index (κ3) is 2.36. The quantitative estimate of drug-likeness (QED) is 0.777. The van der Waals surface area contributed by atoms with Crippen LogP contribution in [-0.4, -0.2) is 56.6 Å². The van der Waals surface area contributed by atoms with Gasteiger partial charge in [0.15, 0.2) is 11.5 Å². The normalized spacial score (nSPS) is 22.9. The number of fused-ring (bicyclic) bond motifs is 1. The van der Waals surface area contributed by atoms with Crippen molar-refractivity contribution in [3.05, 3.63) is 12.1 Å². The first-order valence-electron chi connectivity index (χ1n) is 6.26. The number of anilines is 1. The predicted octanol–water partition coefficient (Wildman–Crippen LogP) is -0.538. The topological polar surface area (TPSA) is 94.5 Å². The van der Waals surface area contributed by atoms with Crippen LogP contribution in [0.25, 0.3) is 5.65 Å². The number of tetrazole rings is 1. The summed E-state index contributed by atoms with van der Waals surface area (Å²) < 4.78 is 7.33. The molecular formula is C11H17N7O. The molecule has 0 aliphatic carbocycles. The van der Waals surface area contributed by atoms with Gasteiger partial charge >= 0.3 is 0 Å². The molecule has 1 saturated heterocycles. The van der Waals surface area contributed by atoms with Crippen LogP contribution < -0.4 is 10.6 Å². The van der Waals surface area contributed by atoms with Crippen molar-refractivity contribution in [1.82, 2.24) is 25.3 Å². The van der Waals surface area contributed by atoms with E-state index in [1.165, 1.54) is 4.63 Å². The van der Waals surface area contributed by atoms with Crippen LogP contribution in [-0.2, 0) is 4.74 Å². The average Bonchev–Trinajstić information content (AvgIpc) is 2.83. The molecule has 0 radical (unpaired) electrons. The van der Waals surface area contributed by atoms with Gasteiger partial charge in [-0.05, 0) is 36.4 Å². The fourth-order valence-corrected chi connectivity index (χ4v) is 2.40. The lowest BCUT2D eigenvalue weighted by atomic mass is 10.1. The van der Waals surface area contributed by atoms with Gasteiger partial charge in [-0.2, -0.15) is 0 Å². The second-order valence-electron chi connectivity index (χ2n) is 5.33. The molecule has 0 amide bonds. The van der Waals surface area contributed by atoms with E-state index in [9.17, 15) is 0 Å². The average molecular weight is 263 g/mol. The third-order valence-corrected chi connectivity index (χ3v) is 3.12. The van der Waals surface area contributed by atoms with Crippen molar-refractivity contribution in [3.8, 4) is 0 Å². The molecule has 2 N–H and O–H groups in total. The van der Waals surface area contributed by atoms with Crippen molar-refractivity contribution in [2.24, 2.45) is 5.73 Å².